The second-order valence-electron chi connectivity index (χ2n) is 7.16. The Morgan fingerprint density at radius 1 is 1.00 bits per heavy atom. The van der Waals surface area contributed by atoms with Crippen molar-refractivity contribution < 1.29 is 9.53 Å². The molecule has 2 heterocycles. The van der Waals surface area contributed by atoms with Crippen LogP contribution in [-0.4, -0.2) is 37.9 Å². The molecular weight excluding hydrogens is 442 g/mol. The molecule has 10 heteroatoms. The number of hydrogen-bond donors (Lipinski definition) is 1. The standard InChI is InChI=1S/C23H21N5O4S/c1-27-20-18(22(30)28(2)23(27)31)21(26-19(25-20)14-9-5-4-6-10-14)33-13-17(29)24-15-11-7-8-12-16(15)32-3/h4-12H,13H2,1-3H3,(H,24,29). The molecule has 0 radical (unpaired) electrons. The Morgan fingerprint density at radius 2 is 1.70 bits per heavy atom. The van der Waals surface area contributed by atoms with E-state index in [1.165, 1.54) is 18.7 Å². The minimum absolute atomic E-state index is 0.00954. The summed E-state index contributed by atoms with van der Waals surface area (Å²) in [7, 11) is 4.48. The van der Waals surface area contributed by atoms with Crippen molar-refractivity contribution in [2.45, 2.75) is 5.03 Å². The quantitative estimate of drug-likeness (QED) is 0.346. The number of thioether (sulfide) groups is 1. The van der Waals surface area contributed by atoms with E-state index in [2.05, 4.69) is 15.3 Å². The number of carbonyl (C=O) groups excluding carboxylic acids is 1. The highest BCUT2D eigenvalue weighted by molar-refractivity contribution is 8.00. The van der Waals surface area contributed by atoms with Crippen LogP contribution in [0.5, 0.6) is 5.75 Å². The number of para-hydroxylation sites is 2. The summed E-state index contributed by atoms with van der Waals surface area (Å²) in [5.74, 6) is 0.599. The van der Waals surface area contributed by atoms with Gasteiger partial charge in [-0.05, 0) is 12.1 Å². The van der Waals surface area contributed by atoms with Gasteiger partial charge in [0.1, 0.15) is 16.2 Å². The second kappa shape index (κ2) is 9.29. The van der Waals surface area contributed by atoms with E-state index in [-0.39, 0.29) is 22.7 Å². The zero-order valence-electron chi connectivity index (χ0n) is 18.2. The predicted octanol–water partition coefficient (Wildman–Crippen LogP) is 2.43. The number of hydrogen-bond acceptors (Lipinski definition) is 7. The smallest absolute Gasteiger partial charge is 0.332 e. The summed E-state index contributed by atoms with van der Waals surface area (Å²) in [4.78, 5) is 47.1. The van der Waals surface area contributed by atoms with Crippen molar-refractivity contribution in [2.24, 2.45) is 14.1 Å². The maximum atomic E-state index is 12.9. The van der Waals surface area contributed by atoms with Crippen molar-refractivity contribution in [3.05, 3.63) is 75.4 Å². The van der Waals surface area contributed by atoms with E-state index < -0.39 is 11.2 Å². The van der Waals surface area contributed by atoms with Crippen LogP contribution in [0.3, 0.4) is 0 Å². The average molecular weight is 464 g/mol. The number of methoxy groups -OCH3 is 1. The van der Waals surface area contributed by atoms with Gasteiger partial charge in [0, 0.05) is 19.7 Å². The van der Waals surface area contributed by atoms with Crippen LogP contribution in [0.25, 0.3) is 22.4 Å². The molecule has 0 saturated carbocycles. The summed E-state index contributed by atoms with van der Waals surface area (Å²) in [5.41, 5.74) is 0.481. The van der Waals surface area contributed by atoms with Crippen molar-refractivity contribution in [1.29, 1.82) is 0 Å². The molecule has 0 bridgehead atoms. The Labute approximate surface area is 193 Å². The number of rotatable bonds is 6. The van der Waals surface area contributed by atoms with E-state index in [1.807, 2.05) is 30.3 Å². The lowest BCUT2D eigenvalue weighted by atomic mass is 10.2. The molecule has 168 valence electrons. The second-order valence-corrected chi connectivity index (χ2v) is 8.12. The first kappa shape index (κ1) is 22.3. The summed E-state index contributed by atoms with van der Waals surface area (Å²) < 4.78 is 7.58. The lowest BCUT2D eigenvalue weighted by molar-refractivity contribution is -0.113. The number of anilines is 1. The van der Waals surface area contributed by atoms with Crippen LogP contribution in [0.2, 0.25) is 0 Å². The third-order valence-corrected chi connectivity index (χ3v) is 6.00. The fourth-order valence-electron chi connectivity index (χ4n) is 3.32. The highest BCUT2D eigenvalue weighted by atomic mass is 32.2. The summed E-state index contributed by atoms with van der Waals surface area (Å²) >= 11 is 1.10. The van der Waals surface area contributed by atoms with Gasteiger partial charge >= 0.3 is 5.69 Å². The van der Waals surface area contributed by atoms with Gasteiger partial charge in [-0.25, -0.2) is 14.8 Å². The zero-order chi connectivity index (χ0) is 23.5. The lowest BCUT2D eigenvalue weighted by Crippen LogP contribution is -2.37. The molecule has 2 aromatic carbocycles. The zero-order valence-corrected chi connectivity index (χ0v) is 19.0. The van der Waals surface area contributed by atoms with E-state index in [0.717, 1.165) is 21.9 Å². The fraction of sp³-hybridized carbons (Fsp3) is 0.174. The summed E-state index contributed by atoms with van der Waals surface area (Å²) in [6.45, 7) is 0. The molecular formula is C23H21N5O4S. The van der Waals surface area contributed by atoms with Gasteiger partial charge in [-0.2, -0.15) is 0 Å². The topological polar surface area (TPSA) is 108 Å². The van der Waals surface area contributed by atoms with E-state index in [4.69, 9.17) is 4.74 Å². The predicted molar refractivity (Wildman–Crippen MR) is 128 cm³/mol. The van der Waals surface area contributed by atoms with Crippen molar-refractivity contribution in [3.63, 3.8) is 0 Å². The van der Waals surface area contributed by atoms with Gasteiger partial charge in [0.25, 0.3) is 5.56 Å². The Hall–Kier alpha value is -3.92. The van der Waals surface area contributed by atoms with Crippen LogP contribution in [0.15, 0.2) is 69.2 Å². The van der Waals surface area contributed by atoms with E-state index in [0.29, 0.717) is 22.3 Å². The van der Waals surface area contributed by atoms with Gasteiger partial charge in [-0.3, -0.25) is 18.7 Å². The van der Waals surface area contributed by atoms with Crippen molar-refractivity contribution in [1.82, 2.24) is 19.1 Å². The van der Waals surface area contributed by atoms with Crippen LogP contribution in [0.4, 0.5) is 5.69 Å². The fourth-order valence-corrected chi connectivity index (χ4v) is 4.13. The molecule has 0 saturated heterocycles. The van der Waals surface area contributed by atoms with Crippen LogP contribution < -0.4 is 21.3 Å². The largest absolute Gasteiger partial charge is 0.495 e. The monoisotopic (exact) mass is 463 g/mol. The van der Waals surface area contributed by atoms with Crippen LogP contribution >= 0.6 is 11.8 Å². The molecule has 0 aliphatic rings. The first-order valence-corrected chi connectivity index (χ1v) is 11.0. The molecule has 1 amide bonds. The van der Waals surface area contributed by atoms with E-state index >= 15 is 0 Å². The molecule has 0 spiro atoms. The summed E-state index contributed by atoms with van der Waals surface area (Å²) in [6, 6.07) is 16.3. The van der Waals surface area contributed by atoms with Crippen LogP contribution in [0, 0.1) is 0 Å². The number of aromatic nitrogens is 4. The average Bonchev–Trinajstić information content (AvgIpc) is 2.85. The van der Waals surface area contributed by atoms with E-state index in [1.54, 1.807) is 31.3 Å². The highest BCUT2D eigenvalue weighted by Crippen LogP contribution is 2.27. The molecule has 0 aliphatic heterocycles. The maximum absolute atomic E-state index is 12.9. The molecule has 0 fully saturated rings. The molecule has 0 unspecified atom stereocenters. The number of benzene rings is 2. The Morgan fingerprint density at radius 3 is 2.42 bits per heavy atom. The number of ether oxygens (including phenoxy) is 1. The van der Waals surface area contributed by atoms with Gasteiger partial charge in [0.15, 0.2) is 11.5 Å². The molecule has 33 heavy (non-hydrogen) atoms. The number of amides is 1. The minimum Gasteiger partial charge on any atom is -0.495 e. The highest BCUT2D eigenvalue weighted by Gasteiger charge is 2.19. The minimum atomic E-state index is -0.514. The molecule has 0 aliphatic carbocycles. The summed E-state index contributed by atoms with van der Waals surface area (Å²) in [6.07, 6.45) is 0. The van der Waals surface area contributed by atoms with Gasteiger partial charge in [-0.1, -0.05) is 54.2 Å². The number of fused-ring (bicyclic) bond motifs is 1. The molecule has 9 nitrogen and oxygen atoms in total. The first-order chi connectivity index (χ1) is 15.9. The first-order valence-electron chi connectivity index (χ1n) is 9.99. The van der Waals surface area contributed by atoms with Crippen molar-refractivity contribution in [3.8, 4) is 17.1 Å². The van der Waals surface area contributed by atoms with E-state index in [9.17, 15) is 14.4 Å². The SMILES string of the molecule is COc1ccccc1NC(=O)CSc1nc(-c2ccccc2)nc2c1c(=O)n(C)c(=O)n2C. The van der Waals surface area contributed by atoms with Gasteiger partial charge in [0.05, 0.1) is 18.6 Å². The van der Waals surface area contributed by atoms with Crippen LogP contribution in [-0.2, 0) is 18.9 Å². The number of nitrogens with zero attached hydrogens (tertiary/aromatic N) is 4. The molecule has 2 aromatic heterocycles. The molecule has 1 N–H and O–H groups in total. The number of carbonyl (C=O) groups is 1. The van der Waals surface area contributed by atoms with Gasteiger partial charge in [-0.15, -0.1) is 0 Å². The molecule has 0 atom stereocenters. The lowest BCUT2D eigenvalue weighted by Gasteiger charge is -2.12. The van der Waals surface area contributed by atoms with Crippen LogP contribution in [0.1, 0.15) is 0 Å². The van der Waals surface area contributed by atoms with Gasteiger partial charge in [0.2, 0.25) is 5.91 Å². The Balaban J connectivity index is 1.75. The Kier molecular flexibility index (Phi) is 6.27. The number of nitrogens with one attached hydrogen (secondary N) is 1. The van der Waals surface area contributed by atoms with Crippen molar-refractivity contribution >= 4 is 34.4 Å². The molecule has 4 aromatic rings. The molecule has 4 rings (SSSR count). The maximum Gasteiger partial charge on any atom is 0.332 e. The Bertz CT molecular complexity index is 1460. The van der Waals surface area contributed by atoms with Gasteiger partial charge < -0.3 is 10.1 Å². The number of aryl methyl sites for hydroxylation is 1. The summed E-state index contributed by atoms with van der Waals surface area (Å²) in [5, 5.41) is 3.32. The third-order valence-electron chi connectivity index (χ3n) is 5.02. The normalized spacial score (nSPS) is 10.9. The third kappa shape index (κ3) is 4.37. The van der Waals surface area contributed by atoms with Crippen molar-refractivity contribution in [2.75, 3.05) is 18.2 Å².